The lowest BCUT2D eigenvalue weighted by atomic mass is 10.0. The minimum absolute atomic E-state index is 0.0621. The van der Waals surface area contributed by atoms with Gasteiger partial charge < -0.3 is 4.74 Å². The molecule has 15 heavy (non-hydrogen) atoms. The Morgan fingerprint density at radius 3 is 2.80 bits per heavy atom. The third-order valence-electron chi connectivity index (χ3n) is 1.82. The summed E-state index contributed by atoms with van der Waals surface area (Å²) in [7, 11) is 1.16. The van der Waals surface area contributed by atoms with Gasteiger partial charge in [-0.1, -0.05) is 0 Å². The third kappa shape index (κ3) is 2.25. The van der Waals surface area contributed by atoms with Gasteiger partial charge in [-0.2, -0.15) is 5.26 Å². The molecule has 0 amide bonds. The average molecular weight is 228 g/mol. The van der Waals surface area contributed by atoms with Gasteiger partial charge in [-0.3, -0.25) is 0 Å². The molecule has 1 rings (SSSR count). The standard InChI is InChI=1S/C10H7ClFNO2/c1-15-10(14)7-2-6(4-11)3-9(12)8(7)5-13/h2-3H,4H2,1H3. The van der Waals surface area contributed by atoms with E-state index in [1.165, 1.54) is 6.07 Å². The maximum atomic E-state index is 13.3. The van der Waals surface area contributed by atoms with Gasteiger partial charge in [0.15, 0.2) is 0 Å². The van der Waals surface area contributed by atoms with Gasteiger partial charge in [-0.15, -0.1) is 11.6 Å². The molecular formula is C10H7ClFNO2. The smallest absolute Gasteiger partial charge is 0.339 e. The van der Waals surface area contributed by atoms with Gasteiger partial charge in [0, 0.05) is 5.88 Å². The lowest BCUT2D eigenvalue weighted by molar-refractivity contribution is 0.0599. The molecule has 0 aliphatic carbocycles. The van der Waals surface area contributed by atoms with E-state index in [0.29, 0.717) is 5.56 Å². The number of nitriles is 1. The number of carbonyl (C=O) groups excluding carboxylic acids is 1. The number of hydrogen-bond donors (Lipinski definition) is 0. The predicted octanol–water partition coefficient (Wildman–Crippen LogP) is 2.22. The minimum Gasteiger partial charge on any atom is -0.465 e. The van der Waals surface area contributed by atoms with Gasteiger partial charge in [0.25, 0.3) is 0 Å². The van der Waals surface area contributed by atoms with Crippen LogP contribution in [0, 0.1) is 17.1 Å². The number of esters is 1. The Morgan fingerprint density at radius 2 is 2.33 bits per heavy atom. The minimum atomic E-state index is -0.768. The molecule has 0 fully saturated rings. The summed E-state index contributed by atoms with van der Waals surface area (Å²) in [5.74, 6) is -1.46. The molecule has 0 spiro atoms. The van der Waals surface area contributed by atoms with E-state index in [0.717, 1.165) is 13.2 Å². The summed E-state index contributed by atoms with van der Waals surface area (Å²) in [5, 5.41) is 8.68. The van der Waals surface area contributed by atoms with Crippen molar-refractivity contribution in [1.82, 2.24) is 0 Å². The summed E-state index contributed by atoms with van der Waals surface area (Å²) in [4.78, 5) is 11.2. The van der Waals surface area contributed by atoms with Crippen LogP contribution in [0.5, 0.6) is 0 Å². The molecule has 1 aromatic carbocycles. The molecule has 0 bridgehead atoms. The fourth-order valence-electron chi connectivity index (χ4n) is 1.12. The summed E-state index contributed by atoms with van der Waals surface area (Å²) in [6, 6.07) is 4.08. The summed E-state index contributed by atoms with van der Waals surface area (Å²) in [6.45, 7) is 0. The molecule has 0 aromatic heterocycles. The van der Waals surface area contributed by atoms with Crippen molar-refractivity contribution < 1.29 is 13.9 Å². The number of alkyl halides is 1. The number of ether oxygens (including phenoxy) is 1. The summed E-state index contributed by atoms with van der Waals surface area (Å²) >= 11 is 5.51. The zero-order valence-electron chi connectivity index (χ0n) is 7.88. The first-order valence-corrected chi connectivity index (χ1v) is 4.54. The van der Waals surface area contributed by atoms with E-state index in [-0.39, 0.29) is 17.0 Å². The van der Waals surface area contributed by atoms with Gasteiger partial charge in [0.1, 0.15) is 17.4 Å². The van der Waals surface area contributed by atoms with Gasteiger partial charge in [-0.25, -0.2) is 9.18 Å². The normalized spacial score (nSPS) is 9.47. The van der Waals surface area contributed by atoms with Crippen LogP contribution in [0.2, 0.25) is 0 Å². The predicted molar refractivity (Wildman–Crippen MR) is 52.0 cm³/mol. The first kappa shape index (κ1) is 11.5. The quantitative estimate of drug-likeness (QED) is 0.575. The van der Waals surface area contributed by atoms with Crippen LogP contribution >= 0.6 is 11.6 Å². The third-order valence-corrected chi connectivity index (χ3v) is 2.13. The van der Waals surface area contributed by atoms with E-state index in [2.05, 4.69) is 4.74 Å². The first-order valence-electron chi connectivity index (χ1n) is 4.00. The molecule has 0 aliphatic rings. The monoisotopic (exact) mass is 227 g/mol. The highest BCUT2D eigenvalue weighted by Crippen LogP contribution is 2.18. The summed E-state index contributed by atoms with van der Waals surface area (Å²) in [5.41, 5.74) is -0.0000617. The number of rotatable bonds is 2. The van der Waals surface area contributed by atoms with Crippen molar-refractivity contribution in [2.24, 2.45) is 0 Å². The summed E-state index contributed by atoms with van der Waals surface area (Å²) < 4.78 is 17.7. The number of halogens is 2. The van der Waals surface area contributed by atoms with Crippen LogP contribution < -0.4 is 0 Å². The molecule has 0 aliphatic heterocycles. The van der Waals surface area contributed by atoms with Crippen molar-refractivity contribution in [3.05, 3.63) is 34.6 Å². The number of methoxy groups -OCH3 is 1. The van der Waals surface area contributed by atoms with Crippen molar-refractivity contribution in [3.63, 3.8) is 0 Å². The fourth-order valence-corrected chi connectivity index (χ4v) is 1.28. The van der Waals surface area contributed by atoms with Crippen molar-refractivity contribution in [1.29, 1.82) is 5.26 Å². The van der Waals surface area contributed by atoms with E-state index in [4.69, 9.17) is 16.9 Å². The number of hydrogen-bond acceptors (Lipinski definition) is 3. The number of nitrogens with zero attached hydrogens (tertiary/aromatic N) is 1. The van der Waals surface area contributed by atoms with E-state index in [1.54, 1.807) is 6.07 Å². The van der Waals surface area contributed by atoms with Gasteiger partial charge >= 0.3 is 5.97 Å². The average Bonchev–Trinajstić information content (AvgIpc) is 2.26. The van der Waals surface area contributed by atoms with Crippen LogP contribution in [0.4, 0.5) is 4.39 Å². The molecular weight excluding hydrogens is 221 g/mol. The highest BCUT2D eigenvalue weighted by Gasteiger charge is 2.17. The van der Waals surface area contributed by atoms with E-state index in [1.807, 2.05) is 0 Å². The molecule has 3 nitrogen and oxygen atoms in total. The first-order chi connectivity index (χ1) is 7.13. The second-order valence-corrected chi connectivity index (χ2v) is 3.00. The molecule has 1 aromatic rings. The Kier molecular flexibility index (Phi) is 3.64. The highest BCUT2D eigenvalue weighted by molar-refractivity contribution is 6.17. The molecule has 0 saturated heterocycles. The maximum Gasteiger partial charge on any atom is 0.339 e. The lowest BCUT2D eigenvalue weighted by Gasteiger charge is -2.05. The van der Waals surface area contributed by atoms with Crippen LogP contribution in [-0.4, -0.2) is 13.1 Å². The Morgan fingerprint density at radius 1 is 1.67 bits per heavy atom. The molecule has 5 heteroatoms. The number of carbonyl (C=O) groups is 1. The van der Waals surface area contributed by atoms with E-state index >= 15 is 0 Å². The van der Waals surface area contributed by atoms with Gasteiger partial charge in [0.05, 0.1) is 12.7 Å². The molecule has 0 N–H and O–H groups in total. The topological polar surface area (TPSA) is 50.1 Å². The molecule has 0 atom stereocenters. The van der Waals surface area contributed by atoms with E-state index < -0.39 is 11.8 Å². The van der Waals surface area contributed by atoms with Gasteiger partial charge in [-0.05, 0) is 17.7 Å². The van der Waals surface area contributed by atoms with Crippen LogP contribution in [0.15, 0.2) is 12.1 Å². The zero-order chi connectivity index (χ0) is 11.4. The maximum absolute atomic E-state index is 13.3. The number of benzene rings is 1. The van der Waals surface area contributed by atoms with E-state index in [9.17, 15) is 9.18 Å². The SMILES string of the molecule is COC(=O)c1cc(CCl)cc(F)c1C#N. The second kappa shape index (κ2) is 4.76. The van der Waals surface area contributed by atoms with Crippen molar-refractivity contribution >= 4 is 17.6 Å². The Labute approximate surface area is 91.0 Å². The highest BCUT2D eigenvalue weighted by atomic mass is 35.5. The van der Waals surface area contributed by atoms with Crippen LogP contribution in [0.1, 0.15) is 21.5 Å². The Bertz CT molecular complexity index is 440. The Hall–Kier alpha value is -1.60. The molecule has 0 unspecified atom stereocenters. The molecule has 78 valence electrons. The Balaban J connectivity index is 3.40. The zero-order valence-corrected chi connectivity index (χ0v) is 8.64. The van der Waals surface area contributed by atoms with Crippen molar-refractivity contribution in [3.8, 4) is 6.07 Å². The van der Waals surface area contributed by atoms with Crippen LogP contribution in [0.25, 0.3) is 0 Å². The van der Waals surface area contributed by atoms with Crippen molar-refractivity contribution in [2.45, 2.75) is 5.88 Å². The lowest BCUT2D eigenvalue weighted by Crippen LogP contribution is -2.06. The summed E-state index contributed by atoms with van der Waals surface area (Å²) in [6.07, 6.45) is 0. The largest absolute Gasteiger partial charge is 0.465 e. The van der Waals surface area contributed by atoms with Gasteiger partial charge in [0.2, 0.25) is 0 Å². The van der Waals surface area contributed by atoms with Crippen LogP contribution in [-0.2, 0) is 10.6 Å². The molecule has 0 radical (unpaired) electrons. The second-order valence-electron chi connectivity index (χ2n) is 2.74. The fraction of sp³-hybridized carbons (Fsp3) is 0.200. The van der Waals surface area contributed by atoms with Crippen molar-refractivity contribution in [2.75, 3.05) is 7.11 Å². The molecule has 0 heterocycles. The molecule has 0 saturated carbocycles. The van der Waals surface area contributed by atoms with Crippen LogP contribution in [0.3, 0.4) is 0 Å².